The number of aryl methyl sites for hydroxylation is 1. The first-order valence-corrected chi connectivity index (χ1v) is 9.12. The van der Waals surface area contributed by atoms with Gasteiger partial charge in [0, 0.05) is 18.0 Å². The lowest BCUT2D eigenvalue weighted by molar-refractivity contribution is 0.0946. The lowest BCUT2D eigenvalue weighted by Gasteiger charge is -2.18. The predicted octanol–water partition coefficient (Wildman–Crippen LogP) is 3.54. The van der Waals surface area contributed by atoms with Gasteiger partial charge < -0.3 is 19.7 Å². The van der Waals surface area contributed by atoms with Gasteiger partial charge in [-0.05, 0) is 50.6 Å². The molecular formula is C22H24N2O4. The second-order valence-corrected chi connectivity index (χ2v) is 7.05. The highest BCUT2D eigenvalue weighted by atomic mass is 16.5. The molecule has 0 bridgehead atoms. The molecule has 0 radical (unpaired) electrons. The van der Waals surface area contributed by atoms with Crippen LogP contribution in [0.25, 0.3) is 10.9 Å². The summed E-state index contributed by atoms with van der Waals surface area (Å²) in [5.41, 5.74) is 1.61. The van der Waals surface area contributed by atoms with Crippen LogP contribution in [0.3, 0.4) is 0 Å². The van der Waals surface area contributed by atoms with E-state index in [1.807, 2.05) is 45.0 Å². The van der Waals surface area contributed by atoms with Crippen molar-refractivity contribution >= 4 is 16.8 Å². The normalized spacial score (nSPS) is 11.0. The summed E-state index contributed by atoms with van der Waals surface area (Å²) in [6, 6.07) is 12.6. The average molecular weight is 380 g/mol. The molecule has 28 heavy (non-hydrogen) atoms. The van der Waals surface area contributed by atoms with Gasteiger partial charge in [-0.3, -0.25) is 9.59 Å². The molecule has 0 aliphatic carbocycles. The number of rotatable bonds is 5. The summed E-state index contributed by atoms with van der Waals surface area (Å²) in [6.07, 6.45) is 0. The van der Waals surface area contributed by atoms with Gasteiger partial charge in [-0.1, -0.05) is 23.8 Å². The highest BCUT2D eigenvalue weighted by Crippen LogP contribution is 2.29. The minimum Gasteiger partial charge on any atom is -0.506 e. The molecule has 0 aliphatic rings. The first kappa shape index (κ1) is 19.5. The van der Waals surface area contributed by atoms with E-state index in [-0.39, 0.29) is 23.9 Å². The minimum absolute atomic E-state index is 0.164. The van der Waals surface area contributed by atoms with E-state index in [9.17, 15) is 14.7 Å². The third-order valence-corrected chi connectivity index (χ3v) is 4.67. The van der Waals surface area contributed by atoms with E-state index in [4.69, 9.17) is 4.74 Å². The molecule has 2 aromatic carbocycles. The number of aromatic nitrogens is 1. The Hall–Kier alpha value is -3.28. The number of pyridine rings is 1. The number of aromatic hydroxyl groups is 1. The SMILES string of the molecule is COc1cccc(CNC(=O)c2c(O)c3cc(C)ccc3n(C(C)C)c2=O)c1. The molecule has 3 rings (SSSR count). The molecule has 0 saturated heterocycles. The molecule has 0 atom stereocenters. The second kappa shape index (κ2) is 7.76. The van der Waals surface area contributed by atoms with Crippen LogP contribution in [0.4, 0.5) is 0 Å². The van der Waals surface area contributed by atoms with E-state index in [0.717, 1.165) is 11.1 Å². The summed E-state index contributed by atoms with van der Waals surface area (Å²) in [4.78, 5) is 25.8. The van der Waals surface area contributed by atoms with Crippen molar-refractivity contribution in [3.63, 3.8) is 0 Å². The molecule has 1 aromatic heterocycles. The van der Waals surface area contributed by atoms with E-state index in [1.165, 1.54) is 4.57 Å². The maximum Gasteiger partial charge on any atom is 0.267 e. The second-order valence-electron chi connectivity index (χ2n) is 7.05. The van der Waals surface area contributed by atoms with Gasteiger partial charge in [0.05, 0.1) is 12.6 Å². The average Bonchev–Trinajstić information content (AvgIpc) is 2.67. The Morgan fingerprint density at radius 2 is 1.96 bits per heavy atom. The monoisotopic (exact) mass is 380 g/mol. The quantitative estimate of drug-likeness (QED) is 0.710. The van der Waals surface area contributed by atoms with E-state index in [1.54, 1.807) is 25.3 Å². The third kappa shape index (κ3) is 3.58. The number of fused-ring (bicyclic) bond motifs is 1. The summed E-state index contributed by atoms with van der Waals surface area (Å²) in [6.45, 7) is 5.85. The Morgan fingerprint density at radius 3 is 2.64 bits per heavy atom. The Kier molecular flexibility index (Phi) is 5.40. The van der Waals surface area contributed by atoms with Gasteiger partial charge in [0.1, 0.15) is 17.1 Å². The largest absolute Gasteiger partial charge is 0.506 e. The molecule has 1 heterocycles. The molecular weight excluding hydrogens is 356 g/mol. The van der Waals surface area contributed by atoms with Crippen molar-refractivity contribution in [1.29, 1.82) is 0 Å². The zero-order valence-electron chi connectivity index (χ0n) is 16.4. The third-order valence-electron chi connectivity index (χ3n) is 4.67. The lowest BCUT2D eigenvalue weighted by Crippen LogP contribution is -2.34. The molecule has 2 N–H and O–H groups in total. The summed E-state index contributed by atoms with van der Waals surface area (Å²) in [7, 11) is 1.57. The standard InChI is InChI=1S/C22H24N2O4/c1-13(2)24-18-9-8-14(3)10-17(18)20(25)19(22(24)27)21(26)23-12-15-6-5-7-16(11-15)28-4/h5-11,13,25H,12H2,1-4H3,(H,23,26). The van der Waals surface area contributed by atoms with Crippen LogP contribution in [0, 0.1) is 6.92 Å². The highest BCUT2D eigenvalue weighted by Gasteiger charge is 2.23. The first-order chi connectivity index (χ1) is 13.3. The van der Waals surface area contributed by atoms with Gasteiger partial charge in [0.2, 0.25) is 0 Å². The molecule has 6 nitrogen and oxygen atoms in total. The molecule has 0 fully saturated rings. The highest BCUT2D eigenvalue weighted by molar-refractivity contribution is 6.02. The van der Waals surface area contributed by atoms with E-state index in [0.29, 0.717) is 16.7 Å². The predicted molar refractivity (Wildman–Crippen MR) is 109 cm³/mol. The molecule has 146 valence electrons. The fourth-order valence-electron chi connectivity index (χ4n) is 3.29. The molecule has 1 amide bonds. The number of hydrogen-bond acceptors (Lipinski definition) is 4. The van der Waals surface area contributed by atoms with Crippen molar-refractivity contribution in [2.75, 3.05) is 7.11 Å². The van der Waals surface area contributed by atoms with E-state index in [2.05, 4.69) is 5.32 Å². The van der Waals surface area contributed by atoms with Crippen LogP contribution in [0.5, 0.6) is 11.5 Å². The van der Waals surface area contributed by atoms with Crippen LogP contribution in [0.15, 0.2) is 47.3 Å². The van der Waals surface area contributed by atoms with Crippen LogP contribution in [0.1, 0.15) is 41.4 Å². The Labute approximate surface area is 163 Å². The number of nitrogens with zero attached hydrogens (tertiary/aromatic N) is 1. The van der Waals surface area contributed by atoms with Gasteiger partial charge in [0.15, 0.2) is 0 Å². The summed E-state index contributed by atoms with van der Waals surface area (Å²) < 4.78 is 6.72. The van der Waals surface area contributed by atoms with Crippen molar-refractivity contribution in [3.8, 4) is 11.5 Å². The molecule has 0 saturated carbocycles. The van der Waals surface area contributed by atoms with Crippen molar-refractivity contribution in [1.82, 2.24) is 9.88 Å². The van der Waals surface area contributed by atoms with E-state index < -0.39 is 11.5 Å². The number of nitrogens with one attached hydrogen (secondary N) is 1. The molecule has 0 aliphatic heterocycles. The molecule has 0 unspecified atom stereocenters. The fraction of sp³-hybridized carbons (Fsp3) is 0.273. The van der Waals surface area contributed by atoms with Crippen molar-refractivity contribution in [3.05, 3.63) is 69.5 Å². The van der Waals surface area contributed by atoms with Crippen LogP contribution in [0.2, 0.25) is 0 Å². The van der Waals surface area contributed by atoms with Gasteiger partial charge in [-0.25, -0.2) is 0 Å². The topological polar surface area (TPSA) is 80.6 Å². The van der Waals surface area contributed by atoms with Crippen molar-refractivity contribution in [2.24, 2.45) is 0 Å². The van der Waals surface area contributed by atoms with Crippen LogP contribution >= 0.6 is 0 Å². The molecule has 6 heteroatoms. The van der Waals surface area contributed by atoms with Crippen molar-refractivity contribution in [2.45, 2.75) is 33.4 Å². The van der Waals surface area contributed by atoms with Crippen LogP contribution in [-0.2, 0) is 6.54 Å². The molecule has 0 spiro atoms. The van der Waals surface area contributed by atoms with Crippen molar-refractivity contribution < 1.29 is 14.6 Å². The van der Waals surface area contributed by atoms with Crippen LogP contribution < -0.4 is 15.6 Å². The zero-order valence-corrected chi connectivity index (χ0v) is 16.4. The summed E-state index contributed by atoms with van der Waals surface area (Å²) in [5, 5.41) is 13.9. The number of benzene rings is 2. The Morgan fingerprint density at radius 1 is 1.21 bits per heavy atom. The Balaban J connectivity index is 2.04. The van der Waals surface area contributed by atoms with E-state index >= 15 is 0 Å². The maximum absolute atomic E-state index is 13.0. The lowest BCUT2D eigenvalue weighted by atomic mass is 10.1. The number of ether oxygens (including phenoxy) is 1. The van der Waals surface area contributed by atoms with Crippen LogP contribution in [-0.4, -0.2) is 22.7 Å². The smallest absolute Gasteiger partial charge is 0.267 e. The first-order valence-electron chi connectivity index (χ1n) is 9.12. The number of amides is 1. The fourth-order valence-corrected chi connectivity index (χ4v) is 3.29. The summed E-state index contributed by atoms with van der Waals surface area (Å²) >= 11 is 0. The van der Waals surface area contributed by atoms with Gasteiger partial charge in [0.25, 0.3) is 11.5 Å². The van der Waals surface area contributed by atoms with Gasteiger partial charge in [-0.2, -0.15) is 0 Å². The number of hydrogen-bond donors (Lipinski definition) is 2. The number of carbonyl (C=O) groups is 1. The summed E-state index contributed by atoms with van der Waals surface area (Å²) in [5.74, 6) is -0.218. The number of methoxy groups -OCH3 is 1. The Bertz CT molecular complexity index is 1100. The van der Waals surface area contributed by atoms with Gasteiger partial charge in [-0.15, -0.1) is 0 Å². The van der Waals surface area contributed by atoms with Gasteiger partial charge >= 0.3 is 0 Å². The number of carbonyl (C=O) groups excluding carboxylic acids is 1. The minimum atomic E-state index is -0.608. The molecule has 3 aromatic rings. The zero-order chi connectivity index (χ0) is 20.4. The maximum atomic E-state index is 13.0.